The first-order chi connectivity index (χ1) is 10.0. The number of nitrogens with zero attached hydrogens (tertiary/aromatic N) is 4. The third-order valence-electron chi connectivity index (χ3n) is 4.32. The van der Waals surface area contributed by atoms with E-state index in [2.05, 4.69) is 23.8 Å². The molecule has 0 unspecified atom stereocenters. The van der Waals surface area contributed by atoms with E-state index < -0.39 is 0 Å². The number of fused-ring (bicyclic) bond motifs is 1. The fourth-order valence-corrected chi connectivity index (χ4v) is 2.99. The zero-order valence-corrected chi connectivity index (χ0v) is 12.4. The van der Waals surface area contributed by atoms with E-state index in [0.29, 0.717) is 17.6 Å². The summed E-state index contributed by atoms with van der Waals surface area (Å²) in [6.07, 6.45) is 4.16. The Morgan fingerprint density at radius 3 is 2.67 bits per heavy atom. The molecule has 1 aromatic carbocycles. The zero-order valence-electron chi connectivity index (χ0n) is 12.4. The smallest absolute Gasteiger partial charge is 0.271 e. The van der Waals surface area contributed by atoms with E-state index in [9.17, 15) is 10.1 Å². The van der Waals surface area contributed by atoms with Gasteiger partial charge in [-0.3, -0.25) is 14.8 Å². The third-order valence-corrected chi connectivity index (χ3v) is 4.32. The molecule has 1 aliphatic heterocycles. The second kappa shape index (κ2) is 5.44. The van der Waals surface area contributed by atoms with Crippen molar-refractivity contribution in [2.24, 2.45) is 0 Å². The molecule has 0 saturated carbocycles. The predicted octanol–water partition coefficient (Wildman–Crippen LogP) is 2.99. The lowest BCUT2D eigenvalue weighted by Gasteiger charge is -2.34. The van der Waals surface area contributed by atoms with Crippen LogP contribution in [0.15, 0.2) is 24.4 Å². The lowest BCUT2D eigenvalue weighted by atomic mass is 10.0. The van der Waals surface area contributed by atoms with Crippen molar-refractivity contribution in [3.8, 4) is 0 Å². The summed E-state index contributed by atoms with van der Waals surface area (Å²) >= 11 is 0. The second-order valence-corrected chi connectivity index (χ2v) is 5.97. The molecule has 21 heavy (non-hydrogen) atoms. The number of hydrogen-bond donors (Lipinski definition) is 0. The molecule has 112 valence electrons. The van der Waals surface area contributed by atoms with Gasteiger partial charge in [0.2, 0.25) is 0 Å². The Balaban J connectivity index is 1.80. The van der Waals surface area contributed by atoms with Crippen molar-refractivity contribution < 1.29 is 4.92 Å². The quantitative estimate of drug-likeness (QED) is 0.643. The minimum absolute atomic E-state index is 0.0994. The van der Waals surface area contributed by atoms with Gasteiger partial charge in [-0.25, -0.2) is 0 Å². The van der Waals surface area contributed by atoms with Crippen molar-refractivity contribution in [3.63, 3.8) is 0 Å². The third kappa shape index (κ3) is 2.76. The molecule has 6 nitrogen and oxygen atoms in total. The van der Waals surface area contributed by atoms with Crippen LogP contribution in [0.1, 0.15) is 32.7 Å². The first-order valence-electron chi connectivity index (χ1n) is 7.42. The summed E-state index contributed by atoms with van der Waals surface area (Å²) in [7, 11) is 0. The van der Waals surface area contributed by atoms with E-state index in [1.165, 1.54) is 6.07 Å². The molecule has 1 saturated heterocycles. The van der Waals surface area contributed by atoms with Gasteiger partial charge in [0.05, 0.1) is 16.5 Å². The van der Waals surface area contributed by atoms with Gasteiger partial charge in [-0.1, -0.05) is 0 Å². The van der Waals surface area contributed by atoms with Gasteiger partial charge in [-0.2, -0.15) is 5.10 Å². The summed E-state index contributed by atoms with van der Waals surface area (Å²) in [5.41, 5.74) is 0.804. The van der Waals surface area contributed by atoms with Gasteiger partial charge in [0.25, 0.3) is 5.69 Å². The van der Waals surface area contributed by atoms with E-state index >= 15 is 0 Å². The largest absolute Gasteiger partial charge is 0.301 e. The predicted molar refractivity (Wildman–Crippen MR) is 81.4 cm³/mol. The van der Waals surface area contributed by atoms with Gasteiger partial charge >= 0.3 is 0 Å². The van der Waals surface area contributed by atoms with Crippen LogP contribution in [0, 0.1) is 10.1 Å². The lowest BCUT2D eigenvalue weighted by Crippen LogP contribution is -2.39. The lowest BCUT2D eigenvalue weighted by molar-refractivity contribution is -0.384. The SMILES string of the molecule is CC(C)N1CCC(n2cc3ccc([N+](=O)[O-])cc3n2)CC1. The summed E-state index contributed by atoms with van der Waals surface area (Å²) in [5, 5.41) is 16.3. The molecular weight excluding hydrogens is 268 g/mol. The van der Waals surface area contributed by atoms with Crippen LogP contribution in [0.4, 0.5) is 5.69 Å². The highest BCUT2D eigenvalue weighted by Gasteiger charge is 2.23. The van der Waals surface area contributed by atoms with E-state index in [1.807, 2.05) is 10.9 Å². The van der Waals surface area contributed by atoms with Crippen molar-refractivity contribution in [2.45, 2.75) is 38.8 Å². The van der Waals surface area contributed by atoms with Gasteiger partial charge in [-0.05, 0) is 32.8 Å². The molecule has 0 bridgehead atoms. The van der Waals surface area contributed by atoms with Crippen molar-refractivity contribution in [1.29, 1.82) is 0 Å². The van der Waals surface area contributed by atoms with Crippen LogP contribution in [0.3, 0.4) is 0 Å². The van der Waals surface area contributed by atoms with Crippen LogP contribution in [0.5, 0.6) is 0 Å². The maximum absolute atomic E-state index is 10.8. The molecule has 2 aromatic rings. The van der Waals surface area contributed by atoms with Gasteiger partial charge in [0.15, 0.2) is 0 Å². The average molecular weight is 288 g/mol. The minimum atomic E-state index is -0.375. The molecule has 0 atom stereocenters. The molecule has 0 spiro atoms. The molecule has 1 aliphatic rings. The van der Waals surface area contributed by atoms with Crippen molar-refractivity contribution in [3.05, 3.63) is 34.5 Å². The maximum atomic E-state index is 10.8. The van der Waals surface area contributed by atoms with Crippen LogP contribution in [-0.2, 0) is 0 Å². The summed E-state index contributed by atoms with van der Waals surface area (Å²) in [5.74, 6) is 0. The van der Waals surface area contributed by atoms with Gasteiger partial charge in [-0.15, -0.1) is 0 Å². The van der Waals surface area contributed by atoms with Crippen LogP contribution in [0.25, 0.3) is 10.9 Å². The van der Waals surface area contributed by atoms with E-state index in [-0.39, 0.29) is 10.6 Å². The maximum Gasteiger partial charge on any atom is 0.271 e. The Labute approximate surface area is 123 Å². The molecular formula is C15H20N4O2. The van der Waals surface area contributed by atoms with Crippen LogP contribution in [0.2, 0.25) is 0 Å². The number of aromatic nitrogens is 2. The summed E-state index contributed by atoms with van der Waals surface area (Å²) in [6.45, 7) is 6.61. The first kappa shape index (κ1) is 14.0. The van der Waals surface area contributed by atoms with E-state index in [1.54, 1.807) is 12.1 Å². The fraction of sp³-hybridized carbons (Fsp3) is 0.533. The number of rotatable bonds is 3. The van der Waals surface area contributed by atoms with E-state index in [4.69, 9.17) is 0 Å². The van der Waals surface area contributed by atoms with Crippen LogP contribution >= 0.6 is 0 Å². The molecule has 0 N–H and O–H groups in total. The monoisotopic (exact) mass is 288 g/mol. The van der Waals surface area contributed by atoms with Crippen molar-refractivity contribution >= 4 is 16.6 Å². The highest BCUT2D eigenvalue weighted by atomic mass is 16.6. The molecule has 6 heteroatoms. The minimum Gasteiger partial charge on any atom is -0.301 e. The number of piperidine rings is 1. The summed E-state index contributed by atoms with van der Waals surface area (Å²) in [4.78, 5) is 12.9. The standard InChI is InChI=1S/C15H20N4O2/c1-11(2)17-7-5-13(6-8-17)18-10-12-3-4-14(19(20)21)9-15(12)16-18/h3-4,9-11,13H,5-8H2,1-2H3. The number of hydrogen-bond acceptors (Lipinski definition) is 4. The van der Waals surface area contributed by atoms with E-state index in [0.717, 1.165) is 31.3 Å². The van der Waals surface area contributed by atoms with Gasteiger partial charge in [0, 0.05) is 42.8 Å². The van der Waals surface area contributed by atoms with Gasteiger partial charge in [0.1, 0.15) is 0 Å². The second-order valence-electron chi connectivity index (χ2n) is 5.97. The fourth-order valence-electron chi connectivity index (χ4n) is 2.99. The Kier molecular flexibility index (Phi) is 3.63. The molecule has 0 aliphatic carbocycles. The average Bonchev–Trinajstić information content (AvgIpc) is 2.90. The molecule has 1 fully saturated rings. The number of nitro benzene ring substituents is 1. The van der Waals surface area contributed by atoms with Crippen molar-refractivity contribution in [2.75, 3.05) is 13.1 Å². The highest BCUT2D eigenvalue weighted by Crippen LogP contribution is 2.26. The molecule has 3 rings (SSSR count). The van der Waals surface area contributed by atoms with Crippen LogP contribution in [-0.4, -0.2) is 38.7 Å². The van der Waals surface area contributed by atoms with Gasteiger partial charge < -0.3 is 4.90 Å². The topological polar surface area (TPSA) is 64.2 Å². The number of benzene rings is 1. The number of likely N-dealkylation sites (tertiary alicyclic amines) is 1. The summed E-state index contributed by atoms with van der Waals surface area (Å²) < 4.78 is 1.99. The Hall–Kier alpha value is -1.95. The summed E-state index contributed by atoms with van der Waals surface area (Å²) in [6, 6.07) is 5.85. The molecule has 2 heterocycles. The Bertz CT molecular complexity index is 657. The van der Waals surface area contributed by atoms with Crippen LogP contribution < -0.4 is 0 Å². The Morgan fingerprint density at radius 1 is 1.33 bits per heavy atom. The molecule has 1 aromatic heterocycles. The first-order valence-corrected chi connectivity index (χ1v) is 7.42. The number of nitro groups is 1. The number of non-ortho nitro benzene ring substituents is 1. The molecule has 0 radical (unpaired) electrons. The normalized spacial score (nSPS) is 17.7. The zero-order chi connectivity index (χ0) is 15.0. The highest BCUT2D eigenvalue weighted by molar-refractivity contribution is 5.80. The molecule has 0 amide bonds. The Morgan fingerprint density at radius 2 is 2.05 bits per heavy atom. The van der Waals surface area contributed by atoms with Crippen molar-refractivity contribution in [1.82, 2.24) is 14.7 Å².